The second-order valence-electron chi connectivity index (χ2n) is 6.16. The van der Waals surface area contributed by atoms with Gasteiger partial charge in [-0.25, -0.2) is 4.79 Å². The van der Waals surface area contributed by atoms with Gasteiger partial charge in [-0.3, -0.25) is 4.79 Å². The van der Waals surface area contributed by atoms with Gasteiger partial charge in [-0.1, -0.05) is 20.8 Å². The highest BCUT2D eigenvalue weighted by Crippen LogP contribution is 2.29. The first-order valence-electron chi connectivity index (χ1n) is 7.11. The van der Waals surface area contributed by atoms with Gasteiger partial charge in [0.1, 0.15) is 0 Å². The van der Waals surface area contributed by atoms with Gasteiger partial charge in [0.25, 0.3) is 0 Å². The fraction of sp³-hybridized carbons (Fsp3) is 0.857. The standard InChI is InChI=1S/C14H26N2O3/c1-4-11(10-12(17)18)15-13(19)16-8-5-6-14(2,3)7-9-16/h11H,4-10H2,1-3H3,(H,15,19)(H,17,18). The fourth-order valence-electron chi connectivity index (χ4n) is 2.40. The van der Waals surface area contributed by atoms with Crippen LogP contribution >= 0.6 is 0 Å². The lowest BCUT2D eigenvalue weighted by molar-refractivity contribution is -0.137. The summed E-state index contributed by atoms with van der Waals surface area (Å²) in [6.07, 6.45) is 3.76. The third-order valence-corrected chi connectivity index (χ3v) is 3.87. The molecule has 1 aliphatic heterocycles. The van der Waals surface area contributed by atoms with Gasteiger partial charge in [0.2, 0.25) is 0 Å². The number of nitrogens with zero attached hydrogens (tertiary/aromatic N) is 1. The molecule has 0 radical (unpaired) electrons. The molecule has 1 aliphatic rings. The van der Waals surface area contributed by atoms with Crippen LogP contribution in [0.5, 0.6) is 0 Å². The molecular formula is C14H26N2O3. The molecule has 110 valence electrons. The minimum absolute atomic E-state index is 0.0123. The van der Waals surface area contributed by atoms with Crippen molar-refractivity contribution in [2.75, 3.05) is 13.1 Å². The summed E-state index contributed by atoms with van der Waals surface area (Å²) in [6.45, 7) is 7.86. The van der Waals surface area contributed by atoms with Crippen LogP contribution in [0.3, 0.4) is 0 Å². The Labute approximate surface area is 115 Å². The molecule has 2 N–H and O–H groups in total. The number of amides is 2. The molecule has 0 aromatic carbocycles. The van der Waals surface area contributed by atoms with Gasteiger partial charge < -0.3 is 15.3 Å². The van der Waals surface area contributed by atoms with Gasteiger partial charge >= 0.3 is 12.0 Å². The van der Waals surface area contributed by atoms with Crippen LogP contribution in [0, 0.1) is 5.41 Å². The van der Waals surface area contributed by atoms with Crippen LogP contribution in [0.4, 0.5) is 4.79 Å². The number of carbonyl (C=O) groups excluding carboxylic acids is 1. The Balaban J connectivity index is 2.50. The van der Waals surface area contributed by atoms with E-state index in [1.807, 2.05) is 11.8 Å². The van der Waals surface area contributed by atoms with E-state index in [0.29, 0.717) is 11.8 Å². The number of carbonyl (C=O) groups is 2. The Morgan fingerprint density at radius 3 is 2.58 bits per heavy atom. The molecule has 0 spiro atoms. The molecule has 1 atom stereocenters. The summed E-state index contributed by atoms with van der Waals surface area (Å²) < 4.78 is 0. The maximum atomic E-state index is 12.1. The second-order valence-corrected chi connectivity index (χ2v) is 6.16. The average Bonchev–Trinajstić information content (AvgIpc) is 2.48. The summed E-state index contributed by atoms with van der Waals surface area (Å²) in [5, 5.41) is 11.6. The molecule has 0 aromatic rings. The molecule has 0 aliphatic carbocycles. The third-order valence-electron chi connectivity index (χ3n) is 3.87. The van der Waals surface area contributed by atoms with Gasteiger partial charge in [0.15, 0.2) is 0 Å². The van der Waals surface area contributed by atoms with E-state index in [1.54, 1.807) is 0 Å². The predicted octanol–water partition coefficient (Wildman–Crippen LogP) is 2.46. The van der Waals surface area contributed by atoms with Gasteiger partial charge in [-0.15, -0.1) is 0 Å². The van der Waals surface area contributed by atoms with Crippen molar-refractivity contribution < 1.29 is 14.7 Å². The Kier molecular flexibility index (Phi) is 5.63. The molecule has 5 nitrogen and oxygen atoms in total. The van der Waals surface area contributed by atoms with Gasteiger partial charge in [0.05, 0.1) is 6.42 Å². The third kappa shape index (κ3) is 5.49. The van der Waals surface area contributed by atoms with E-state index in [9.17, 15) is 9.59 Å². The van der Waals surface area contributed by atoms with Crippen LogP contribution in [0.1, 0.15) is 52.9 Å². The molecule has 1 unspecified atom stereocenters. The molecule has 0 saturated carbocycles. The van der Waals surface area contributed by atoms with E-state index in [0.717, 1.165) is 32.4 Å². The van der Waals surface area contributed by atoms with E-state index < -0.39 is 5.97 Å². The Morgan fingerprint density at radius 2 is 2.00 bits per heavy atom. The van der Waals surface area contributed by atoms with Crippen molar-refractivity contribution in [3.63, 3.8) is 0 Å². The normalized spacial score (nSPS) is 20.5. The summed E-state index contributed by atoms with van der Waals surface area (Å²) >= 11 is 0. The van der Waals surface area contributed by atoms with Gasteiger partial charge in [-0.2, -0.15) is 0 Å². The van der Waals surface area contributed by atoms with Crippen LogP contribution in [-0.4, -0.2) is 41.1 Å². The minimum atomic E-state index is -0.871. The number of hydrogen-bond donors (Lipinski definition) is 2. The number of aliphatic carboxylic acids is 1. The monoisotopic (exact) mass is 270 g/mol. The summed E-state index contributed by atoms with van der Waals surface area (Å²) in [6, 6.07) is -0.396. The lowest BCUT2D eigenvalue weighted by Crippen LogP contribution is -2.45. The predicted molar refractivity (Wildman–Crippen MR) is 74.1 cm³/mol. The highest BCUT2D eigenvalue weighted by Gasteiger charge is 2.26. The quantitative estimate of drug-likeness (QED) is 0.824. The molecule has 19 heavy (non-hydrogen) atoms. The molecule has 2 amide bonds. The summed E-state index contributed by atoms with van der Waals surface area (Å²) in [5.74, 6) is -0.871. The second kappa shape index (κ2) is 6.78. The molecular weight excluding hydrogens is 244 g/mol. The number of nitrogens with one attached hydrogen (secondary N) is 1. The molecule has 1 fully saturated rings. The zero-order valence-electron chi connectivity index (χ0n) is 12.2. The van der Waals surface area contributed by atoms with Crippen molar-refractivity contribution in [2.45, 2.75) is 58.9 Å². The van der Waals surface area contributed by atoms with E-state index in [4.69, 9.17) is 5.11 Å². The van der Waals surface area contributed by atoms with E-state index in [1.165, 1.54) is 0 Å². The van der Waals surface area contributed by atoms with Crippen LogP contribution < -0.4 is 5.32 Å². The van der Waals surface area contributed by atoms with Crippen molar-refractivity contribution in [2.24, 2.45) is 5.41 Å². The van der Waals surface area contributed by atoms with Crippen molar-refractivity contribution in [1.82, 2.24) is 10.2 Å². The number of likely N-dealkylation sites (tertiary alicyclic amines) is 1. The Hall–Kier alpha value is -1.26. The van der Waals surface area contributed by atoms with Crippen LogP contribution in [0.2, 0.25) is 0 Å². The molecule has 5 heteroatoms. The van der Waals surface area contributed by atoms with Gasteiger partial charge in [0, 0.05) is 19.1 Å². The van der Waals surface area contributed by atoms with Gasteiger partial charge in [-0.05, 0) is 31.1 Å². The van der Waals surface area contributed by atoms with Crippen LogP contribution in [0.25, 0.3) is 0 Å². The maximum absolute atomic E-state index is 12.1. The highest BCUT2D eigenvalue weighted by molar-refractivity contribution is 5.76. The van der Waals surface area contributed by atoms with Crippen molar-refractivity contribution in [3.8, 4) is 0 Å². The van der Waals surface area contributed by atoms with Crippen molar-refractivity contribution in [3.05, 3.63) is 0 Å². The molecule has 0 aromatic heterocycles. The fourth-order valence-corrected chi connectivity index (χ4v) is 2.40. The topological polar surface area (TPSA) is 69.6 Å². The number of rotatable bonds is 4. The highest BCUT2D eigenvalue weighted by atomic mass is 16.4. The smallest absolute Gasteiger partial charge is 0.317 e. The van der Waals surface area contributed by atoms with Crippen molar-refractivity contribution >= 4 is 12.0 Å². The maximum Gasteiger partial charge on any atom is 0.317 e. The first-order valence-corrected chi connectivity index (χ1v) is 7.11. The number of carboxylic acid groups (broad SMARTS) is 1. The number of urea groups is 1. The average molecular weight is 270 g/mol. The van der Waals surface area contributed by atoms with Crippen LogP contribution in [0.15, 0.2) is 0 Å². The summed E-state index contributed by atoms with van der Waals surface area (Å²) in [5.41, 5.74) is 0.292. The molecule has 1 rings (SSSR count). The van der Waals surface area contributed by atoms with E-state index in [2.05, 4.69) is 19.2 Å². The lowest BCUT2D eigenvalue weighted by atomic mass is 9.85. The van der Waals surface area contributed by atoms with E-state index in [-0.39, 0.29) is 18.5 Å². The Bertz CT molecular complexity index is 329. The molecule has 0 bridgehead atoms. The first kappa shape index (κ1) is 15.8. The molecule has 1 saturated heterocycles. The summed E-state index contributed by atoms with van der Waals surface area (Å²) in [7, 11) is 0. The molecule has 1 heterocycles. The van der Waals surface area contributed by atoms with Crippen LogP contribution in [-0.2, 0) is 4.79 Å². The minimum Gasteiger partial charge on any atom is -0.481 e. The number of carboxylic acids is 1. The van der Waals surface area contributed by atoms with E-state index >= 15 is 0 Å². The zero-order chi connectivity index (χ0) is 14.5. The van der Waals surface area contributed by atoms with Crippen molar-refractivity contribution in [1.29, 1.82) is 0 Å². The SMILES string of the molecule is CCC(CC(=O)O)NC(=O)N1CCCC(C)(C)CC1. The zero-order valence-corrected chi connectivity index (χ0v) is 12.2. The largest absolute Gasteiger partial charge is 0.481 e. The first-order chi connectivity index (χ1) is 8.84. The number of hydrogen-bond acceptors (Lipinski definition) is 2. The summed E-state index contributed by atoms with van der Waals surface area (Å²) in [4.78, 5) is 24.7. The Morgan fingerprint density at radius 1 is 1.32 bits per heavy atom. The lowest BCUT2D eigenvalue weighted by Gasteiger charge is -2.25.